The minimum absolute atomic E-state index is 0.451. The average Bonchev–Trinajstić information content (AvgIpc) is 2.69. The van der Waals surface area contributed by atoms with Gasteiger partial charge in [0.1, 0.15) is 18.1 Å². The number of benzene rings is 1. The minimum Gasteiger partial charge on any atom is -0.497 e. The van der Waals surface area contributed by atoms with Gasteiger partial charge in [-0.05, 0) is 36.8 Å². The van der Waals surface area contributed by atoms with Crippen LogP contribution in [0.15, 0.2) is 59.6 Å². The fourth-order valence-electron chi connectivity index (χ4n) is 1.94. The molecule has 0 aromatic heterocycles. The van der Waals surface area contributed by atoms with Crippen LogP contribution in [-0.4, -0.2) is 12.9 Å². The molecule has 21 heavy (non-hydrogen) atoms. The second-order valence-electron chi connectivity index (χ2n) is 4.51. The van der Waals surface area contributed by atoms with Crippen molar-refractivity contribution >= 4 is 17.9 Å². The van der Waals surface area contributed by atoms with E-state index < -0.39 is 0 Å². The van der Waals surface area contributed by atoms with Crippen LogP contribution >= 0.6 is 11.6 Å². The number of rotatable bonds is 6. The number of carbonyl (C=O) groups excluding carboxylic acids is 1. The van der Waals surface area contributed by atoms with Crippen molar-refractivity contribution in [2.24, 2.45) is 0 Å². The van der Waals surface area contributed by atoms with Crippen LogP contribution in [-0.2, 0) is 20.9 Å². The Hall–Kier alpha value is -2.00. The summed E-state index contributed by atoms with van der Waals surface area (Å²) in [7, 11) is 0. The van der Waals surface area contributed by atoms with Gasteiger partial charge < -0.3 is 9.47 Å². The number of halogens is 1. The molecule has 0 N–H and O–H groups in total. The third kappa shape index (κ3) is 4.50. The molecule has 0 bridgehead atoms. The zero-order valence-electron chi connectivity index (χ0n) is 11.8. The third-order valence-corrected chi connectivity index (χ3v) is 3.25. The predicted molar refractivity (Wildman–Crippen MR) is 82.8 cm³/mol. The Morgan fingerprint density at radius 2 is 2.00 bits per heavy atom. The SMILES string of the molecule is CCOC1=C(C=O)C=CC=C(OCc2ccc(Cl)cc2)C1. The molecule has 0 heterocycles. The van der Waals surface area contributed by atoms with Crippen LogP contribution in [0, 0.1) is 0 Å². The molecule has 0 fully saturated rings. The van der Waals surface area contributed by atoms with E-state index in [-0.39, 0.29) is 0 Å². The number of ether oxygens (including phenoxy) is 2. The lowest BCUT2D eigenvalue weighted by Crippen LogP contribution is -2.01. The maximum Gasteiger partial charge on any atom is 0.153 e. The lowest BCUT2D eigenvalue weighted by molar-refractivity contribution is -0.104. The van der Waals surface area contributed by atoms with E-state index in [1.54, 1.807) is 12.2 Å². The molecule has 0 spiro atoms. The zero-order chi connectivity index (χ0) is 15.1. The van der Waals surface area contributed by atoms with Gasteiger partial charge in [0.05, 0.1) is 18.6 Å². The Balaban J connectivity index is 2.02. The van der Waals surface area contributed by atoms with Crippen LogP contribution in [0.4, 0.5) is 0 Å². The van der Waals surface area contributed by atoms with E-state index in [1.165, 1.54) is 0 Å². The number of allylic oxidation sites excluding steroid dienone is 4. The molecular weight excluding hydrogens is 288 g/mol. The Kier molecular flexibility index (Phi) is 5.64. The number of hydrogen-bond donors (Lipinski definition) is 0. The van der Waals surface area contributed by atoms with E-state index in [0.717, 1.165) is 17.6 Å². The summed E-state index contributed by atoms with van der Waals surface area (Å²) in [6, 6.07) is 7.51. The molecule has 0 atom stereocenters. The first-order valence-electron chi connectivity index (χ1n) is 6.78. The number of carbonyl (C=O) groups is 1. The molecule has 0 radical (unpaired) electrons. The van der Waals surface area contributed by atoms with E-state index in [4.69, 9.17) is 21.1 Å². The van der Waals surface area contributed by atoms with Crippen LogP contribution in [0.25, 0.3) is 0 Å². The molecule has 1 aliphatic rings. The molecule has 0 aliphatic heterocycles. The van der Waals surface area contributed by atoms with Crippen LogP contribution in [0.5, 0.6) is 0 Å². The summed E-state index contributed by atoms with van der Waals surface area (Å²) in [5.74, 6) is 1.41. The van der Waals surface area contributed by atoms with E-state index in [2.05, 4.69) is 0 Å². The highest BCUT2D eigenvalue weighted by atomic mass is 35.5. The van der Waals surface area contributed by atoms with E-state index in [1.807, 2.05) is 37.3 Å². The third-order valence-electron chi connectivity index (χ3n) is 3.00. The summed E-state index contributed by atoms with van der Waals surface area (Å²) in [6.45, 7) is 2.86. The van der Waals surface area contributed by atoms with Gasteiger partial charge in [0, 0.05) is 5.02 Å². The molecule has 3 nitrogen and oxygen atoms in total. The van der Waals surface area contributed by atoms with Crippen molar-refractivity contribution in [1.29, 1.82) is 0 Å². The fraction of sp³-hybridized carbons (Fsp3) is 0.235. The van der Waals surface area contributed by atoms with E-state index in [0.29, 0.717) is 36.0 Å². The first-order chi connectivity index (χ1) is 10.2. The normalized spacial score (nSPS) is 14.5. The topological polar surface area (TPSA) is 35.5 Å². The summed E-state index contributed by atoms with van der Waals surface area (Å²) in [5.41, 5.74) is 1.59. The standard InChI is InChI=1S/C17H17ClO3/c1-2-20-17-10-16(5-3-4-14(17)11-19)21-12-13-6-8-15(18)9-7-13/h3-9,11H,2,10,12H2,1H3. The quantitative estimate of drug-likeness (QED) is 0.739. The molecule has 0 saturated heterocycles. The van der Waals surface area contributed by atoms with Crippen molar-refractivity contribution in [3.05, 3.63) is 70.2 Å². The molecule has 4 heteroatoms. The van der Waals surface area contributed by atoms with Crippen molar-refractivity contribution in [1.82, 2.24) is 0 Å². The molecule has 1 aliphatic carbocycles. The first kappa shape index (κ1) is 15.4. The van der Waals surface area contributed by atoms with Crippen molar-refractivity contribution in [3.63, 3.8) is 0 Å². The molecular formula is C17H17ClO3. The average molecular weight is 305 g/mol. The van der Waals surface area contributed by atoms with Gasteiger partial charge >= 0.3 is 0 Å². The summed E-state index contributed by atoms with van der Waals surface area (Å²) in [6.07, 6.45) is 6.66. The minimum atomic E-state index is 0.451. The van der Waals surface area contributed by atoms with Crippen LogP contribution in [0.1, 0.15) is 18.9 Å². The Morgan fingerprint density at radius 1 is 1.24 bits per heavy atom. The highest BCUT2D eigenvalue weighted by Crippen LogP contribution is 2.22. The second-order valence-corrected chi connectivity index (χ2v) is 4.95. The maximum atomic E-state index is 11.1. The number of hydrogen-bond acceptors (Lipinski definition) is 3. The van der Waals surface area contributed by atoms with Gasteiger partial charge in [-0.25, -0.2) is 0 Å². The van der Waals surface area contributed by atoms with Crippen molar-refractivity contribution in [2.45, 2.75) is 20.0 Å². The van der Waals surface area contributed by atoms with Crippen LogP contribution < -0.4 is 0 Å². The van der Waals surface area contributed by atoms with Gasteiger partial charge in [-0.2, -0.15) is 0 Å². The van der Waals surface area contributed by atoms with E-state index in [9.17, 15) is 4.79 Å². The van der Waals surface area contributed by atoms with Gasteiger partial charge in [0.2, 0.25) is 0 Å². The van der Waals surface area contributed by atoms with Gasteiger partial charge in [0.15, 0.2) is 6.29 Å². The summed E-state index contributed by atoms with van der Waals surface area (Å²) >= 11 is 5.85. The van der Waals surface area contributed by atoms with E-state index >= 15 is 0 Å². The van der Waals surface area contributed by atoms with Crippen molar-refractivity contribution in [3.8, 4) is 0 Å². The smallest absolute Gasteiger partial charge is 0.153 e. The van der Waals surface area contributed by atoms with Gasteiger partial charge in [-0.3, -0.25) is 4.79 Å². The molecule has 0 saturated carbocycles. The highest BCUT2D eigenvalue weighted by Gasteiger charge is 2.12. The molecule has 2 rings (SSSR count). The summed E-state index contributed by atoms with van der Waals surface area (Å²) in [5, 5.41) is 0.701. The highest BCUT2D eigenvalue weighted by molar-refractivity contribution is 6.30. The summed E-state index contributed by atoms with van der Waals surface area (Å²) in [4.78, 5) is 11.1. The fourth-order valence-corrected chi connectivity index (χ4v) is 2.07. The maximum absolute atomic E-state index is 11.1. The molecule has 0 unspecified atom stereocenters. The lowest BCUT2D eigenvalue weighted by atomic mass is 10.2. The molecule has 1 aromatic carbocycles. The van der Waals surface area contributed by atoms with Crippen molar-refractivity contribution < 1.29 is 14.3 Å². The Morgan fingerprint density at radius 3 is 2.67 bits per heavy atom. The van der Waals surface area contributed by atoms with Crippen LogP contribution in [0.2, 0.25) is 5.02 Å². The Bertz CT molecular complexity index is 583. The van der Waals surface area contributed by atoms with Crippen LogP contribution in [0.3, 0.4) is 0 Å². The number of aldehydes is 1. The zero-order valence-corrected chi connectivity index (χ0v) is 12.6. The first-order valence-corrected chi connectivity index (χ1v) is 7.16. The van der Waals surface area contributed by atoms with Gasteiger partial charge in [0.25, 0.3) is 0 Å². The predicted octanol–water partition coefficient (Wildman–Crippen LogP) is 4.19. The van der Waals surface area contributed by atoms with Crippen molar-refractivity contribution in [2.75, 3.05) is 6.61 Å². The molecule has 110 valence electrons. The van der Waals surface area contributed by atoms with Gasteiger partial charge in [-0.1, -0.05) is 29.8 Å². The summed E-state index contributed by atoms with van der Waals surface area (Å²) < 4.78 is 11.3. The lowest BCUT2D eigenvalue weighted by Gasteiger charge is -2.13. The Labute approximate surface area is 129 Å². The second kappa shape index (κ2) is 7.70. The van der Waals surface area contributed by atoms with Gasteiger partial charge in [-0.15, -0.1) is 0 Å². The monoisotopic (exact) mass is 304 g/mol. The molecule has 1 aromatic rings. The molecule has 0 amide bonds. The largest absolute Gasteiger partial charge is 0.497 e.